The zero-order chi connectivity index (χ0) is 17.1. The summed E-state index contributed by atoms with van der Waals surface area (Å²) in [5.74, 6) is -1.19. The van der Waals surface area contributed by atoms with Crippen molar-refractivity contribution >= 4 is 17.6 Å². The van der Waals surface area contributed by atoms with Crippen LogP contribution in [-0.2, 0) is 14.3 Å². The number of carbonyl (C=O) groups is 2. The molecular formula is C15H20N2O6. The van der Waals surface area contributed by atoms with E-state index in [4.69, 9.17) is 9.47 Å². The van der Waals surface area contributed by atoms with Gasteiger partial charge in [0.25, 0.3) is 5.91 Å². The molecule has 0 atom stereocenters. The summed E-state index contributed by atoms with van der Waals surface area (Å²) in [4.78, 5) is 33.1. The molecule has 1 aromatic carbocycles. The maximum atomic E-state index is 11.5. The Kier molecular flexibility index (Phi) is 8.12. The zero-order valence-corrected chi connectivity index (χ0v) is 12.9. The fourth-order valence-electron chi connectivity index (χ4n) is 1.71. The van der Waals surface area contributed by atoms with Crippen LogP contribution in [-0.4, -0.2) is 36.6 Å². The highest BCUT2D eigenvalue weighted by Gasteiger charge is 2.15. The van der Waals surface area contributed by atoms with Gasteiger partial charge in [-0.2, -0.15) is 0 Å². The van der Waals surface area contributed by atoms with E-state index in [2.05, 4.69) is 12.2 Å². The molecule has 0 unspecified atom stereocenters. The molecule has 1 rings (SSSR count). The number of unbranched alkanes of at least 4 members (excludes halogenated alkanes) is 2. The minimum Gasteiger partial charge on any atom is -0.475 e. The van der Waals surface area contributed by atoms with Gasteiger partial charge in [-0.25, -0.2) is 4.79 Å². The Morgan fingerprint density at radius 3 is 2.65 bits per heavy atom. The predicted molar refractivity (Wildman–Crippen MR) is 82.1 cm³/mol. The summed E-state index contributed by atoms with van der Waals surface area (Å²) < 4.78 is 9.79. The van der Waals surface area contributed by atoms with Gasteiger partial charge in [0, 0.05) is 12.6 Å². The Labute approximate surface area is 133 Å². The van der Waals surface area contributed by atoms with Crippen LogP contribution in [0, 0.1) is 10.1 Å². The van der Waals surface area contributed by atoms with Crippen LogP contribution < -0.4 is 10.1 Å². The summed E-state index contributed by atoms with van der Waals surface area (Å²) in [5, 5.41) is 13.4. The van der Waals surface area contributed by atoms with Crippen molar-refractivity contribution in [3.63, 3.8) is 0 Å². The molecule has 0 saturated carbocycles. The van der Waals surface area contributed by atoms with Gasteiger partial charge in [-0.05, 0) is 12.5 Å². The van der Waals surface area contributed by atoms with E-state index in [9.17, 15) is 19.7 Å². The molecule has 8 nitrogen and oxygen atoms in total. The fourth-order valence-corrected chi connectivity index (χ4v) is 1.71. The first-order chi connectivity index (χ1) is 11.0. The van der Waals surface area contributed by atoms with Crippen LogP contribution >= 0.6 is 0 Å². The molecule has 1 N–H and O–H groups in total. The summed E-state index contributed by atoms with van der Waals surface area (Å²) in [6.07, 6.45) is 2.94. The van der Waals surface area contributed by atoms with Crippen molar-refractivity contribution in [2.24, 2.45) is 0 Å². The molecule has 8 heteroatoms. The van der Waals surface area contributed by atoms with Gasteiger partial charge in [0.1, 0.15) is 0 Å². The molecule has 0 spiro atoms. The van der Waals surface area contributed by atoms with E-state index < -0.39 is 24.1 Å². The van der Waals surface area contributed by atoms with Crippen molar-refractivity contribution in [3.05, 3.63) is 34.4 Å². The molecule has 0 aromatic heterocycles. The first-order valence-corrected chi connectivity index (χ1v) is 7.33. The summed E-state index contributed by atoms with van der Waals surface area (Å²) in [7, 11) is 0. The average molecular weight is 324 g/mol. The first kappa shape index (κ1) is 18.4. The lowest BCUT2D eigenvalue weighted by atomic mass is 10.2. The topological polar surface area (TPSA) is 108 Å². The lowest BCUT2D eigenvalue weighted by Gasteiger charge is -2.08. The van der Waals surface area contributed by atoms with Crippen molar-refractivity contribution in [2.45, 2.75) is 26.2 Å². The van der Waals surface area contributed by atoms with E-state index >= 15 is 0 Å². The van der Waals surface area contributed by atoms with Crippen LogP contribution in [0.2, 0.25) is 0 Å². The van der Waals surface area contributed by atoms with Crippen LogP contribution in [0.1, 0.15) is 26.2 Å². The molecule has 0 aliphatic carbocycles. The van der Waals surface area contributed by atoms with Gasteiger partial charge < -0.3 is 14.8 Å². The molecule has 23 heavy (non-hydrogen) atoms. The number of nitro benzene ring substituents is 1. The second-order valence-corrected chi connectivity index (χ2v) is 4.73. The first-order valence-electron chi connectivity index (χ1n) is 7.33. The fraction of sp³-hybridized carbons (Fsp3) is 0.467. The Morgan fingerprint density at radius 1 is 1.22 bits per heavy atom. The molecule has 0 radical (unpaired) electrons. The molecule has 0 fully saturated rings. The molecular weight excluding hydrogens is 304 g/mol. The molecule has 0 heterocycles. The number of nitrogens with one attached hydrogen (secondary N) is 1. The highest BCUT2D eigenvalue weighted by atomic mass is 16.6. The van der Waals surface area contributed by atoms with E-state index in [1.807, 2.05) is 0 Å². The van der Waals surface area contributed by atoms with Gasteiger partial charge in [0.05, 0.1) is 4.92 Å². The number of hydrogen-bond acceptors (Lipinski definition) is 6. The average Bonchev–Trinajstić information content (AvgIpc) is 2.55. The van der Waals surface area contributed by atoms with Crippen molar-refractivity contribution in [3.8, 4) is 5.75 Å². The highest BCUT2D eigenvalue weighted by molar-refractivity contribution is 5.80. The van der Waals surface area contributed by atoms with Crippen molar-refractivity contribution in [1.82, 2.24) is 5.32 Å². The maximum absolute atomic E-state index is 11.5. The van der Waals surface area contributed by atoms with Gasteiger partial charge in [-0.15, -0.1) is 0 Å². The van der Waals surface area contributed by atoms with Crippen molar-refractivity contribution in [2.75, 3.05) is 19.8 Å². The second kappa shape index (κ2) is 10.1. The quantitative estimate of drug-likeness (QED) is 0.304. The van der Waals surface area contributed by atoms with Crippen molar-refractivity contribution < 1.29 is 24.0 Å². The number of rotatable bonds is 10. The molecule has 0 saturated heterocycles. The van der Waals surface area contributed by atoms with Crippen LogP contribution in [0.25, 0.3) is 0 Å². The van der Waals surface area contributed by atoms with E-state index in [0.717, 1.165) is 19.3 Å². The molecule has 1 aromatic rings. The Bertz CT molecular complexity index is 547. The van der Waals surface area contributed by atoms with E-state index in [0.29, 0.717) is 6.54 Å². The van der Waals surface area contributed by atoms with Gasteiger partial charge in [-0.3, -0.25) is 14.9 Å². The third kappa shape index (κ3) is 7.25. The predicted octanol–water partition coefficient (Wildman–Crippen LogP) is 1.82. The number of benzene rings is 1. The van der Waals surface area contributed by atoms with Gasteiger partial charge in [-0.1, -0.05) is 31.9 Å². The van der Waals surface area contributed by atoms with Crippen LogP contribution in [0.5, 0.6) is 5.75 Å². The molecule has 126 valence electrons. The summed E-state index contributed by atoms with van der Waals surface area (Å²) in [5.41, 5.74) is -0.242. The van der Waals surface area contributed by atoms with E-state index in [1.54, 1.807) is 6.07 Å². The maximum Gasteiger partial charge on any atom is 0.344 e. The minimum absolute atomic E-state index is 0.0292. The lowest BCUT2D eigenvalue weighted by molar-refractivity contribution is -0.385. The number of carbonyl (C=O) groups excluding carboxylic acids is 2. The molecule has 0 bridgehead atoms. The molecule has 1 amide bonds. The number of para-hydroxylation sites is 2. The largest absolute Gasteiger partial charge is 0.475 e. The standard InChI is InChI=1S/C15H20N2O6/c1-2-3-6-9-16-14(18)10-23-15(19)11-22-13-8-5-4-7-12(13)17(20)21/h4-5,7-8H,2-3,6,9-11H2,1H3,(H,16,18). The lowest BCUT2D eigenvalue weighted by Crippen LogP contribution is -2.30. The SMILES string of the molecule is CCCCCNC(=O)COC(=O)COc1ccccc1[N+](=O)[O-]. The minimum atomic E-state index is -0.771. The Balaban J connectivity index is 2.30. The number of esters is 1. The smallest absolute Gasteiger partial charge is 0.344 e. The number of amides is 1. The Hall–Kier alpha value is -2.64. The van der Waals surface area contributed by atoms with E-state index in [-0.39, 0.29) is 17.3 Å². The molecule has 0 aliphatic heterocycles. The number of nitro groups is 1. The number of nitrogens with zero attached hydrogens (tertiary/aromatic N) is 1. The third-order valence-electron chi connectivity index (χ3n) is 2.87. The Morgan fingerprint density at radius 2 is 1.96 bits per heavy atom. The number of hydrogen-bond donors (Lipinski definition) is 1. The van der Waals surface area contributed by atoms with Gasteiger partial charge in [0.15, 0.2) is 19.0 Å². The molecule has 0 aliphatic rings. The van der Waals surface area contributed by atoms with E-state index in [1.165, 1.54) is 18.2 Å². The van der Waals surface area contributed by atoms with Gasteiger partial charge >= 0.3 is 11.7 Å². The summed E-state index contributed by atoms with van der Waals surface area (Å²) in [6.45, 7) is 1.69. The normalized spacial score (nSPS) is 9.96. The monoisotopic (exact) mass is 324 g/mol. The van der Waals surface area contributed by atoms with Crippen LogP contribution in [0.15, 0.2) is 24.3 Å². The highest BCUT2D eigenvalue weighted by Crippen LogP contribution is 2.25. The van der Waals surface area contributed by atoms with Crippen LogP contribution in [0.4, 0.5) is 5.69 Å². The summed E-state index contributed by atoms with van der Waals surface area (Å²) in [6, 6.07) is 5.69. The number of ether oxygens (including phenoxy) is 2. The van der Waals surface area contributed by atoms with Crippen LogP contribution in [0.3, 0.4) is 0 Å². The zero-order valence-electron chi connectivity index (χ0n) is 12.9. The summed E-state index contributed by atoms with van der Waals surface area (Å²) >= 11 is 0. The van der Waals surface area contributed by atoms with Crippen molar-refractivity contribution in [1.29, 1.82) is 0 Å². The second-order valence-electron chi connectivity index (χ2n) is 4.73. The van der Waals surface area contributed by atoms with Gasteiger partial charge in [0.2, 0.25) is 0 Å². The third-order valence-corrected chi connectivity index (χ3v) is 2.87.